The van der Waals surface area contributed by atoms with Gasteiger partial charge in [0.1, 0.15) is 9.92 Å². The molecule has 2 aliphatic rings. The number of rotatable bonds is 4. The molecule has 0 aliphatic carbocycles. The maximum atomic E-state index is 12.1. The topological polar surface area (TPSA) is 78.8 Å². The SMILES string of the molecule is COc1cc2nccc(N3CCC4(CC3)CCN(S(C)(=N)=O)C4)c2cc1OC. The van der Waals surface area contributed by atoms with E-state index < -0.39 is 9.92 Å². The molecule has 1 aromatic heterocycles. The third-order valence-corrected chi connectivity index (χ3v) is 7.58. The van der Waals surface area contributed by atoms with Gasteiger partial charge in [-0.2, -0.15) is 0 Å². The van der Waals surface area contributed by atoms with E-state index in [-0.39, 0.29) is 5.41 Å². The van der Waals surface area contributed by atoms with Crippen molar-refractivity contribution in [3.05, 3.63) is 24.4 Å². The summed E-state index contributed by atoms with van der Waals surface area (Å²) in [5.41, 5.74) is 2.25. The quantitative estimate of drug-likeness (QED) is 0.847. The number of nitrogens with zero attached hydrogens (tertiary/aromatic N) is 3. The number of nitrogens with one attached hydrogen (secondary N) is 1. The fourth-order valence-electron chi connectivity index (χ4n) is 4.56. The maximum Gasteiger partial charge on any atom is 0.162 e. The smallest absolute Gasteiger partial charge is 0.162 e. The van der Waals surface area contributed by atoms with Crippen LogP contribution in [0.2, 0.25) is 0 Å². The van der Waals surface area contributed by atoms with Crippen molar-refractivity contribution < 1.29 is 13.7 Å². The van der Waals surface area contributed by atoms with E-state index in [1.165, 1.54) is 6.26 Å². The van der Waals surface area contributed by atoms with E-state index in [1.807, 2.05) is 22.6 Å². The molecule has 28 heavy (non-hydrogen) atoms. The van der Waals surface area contributed by atoms with Gasteiger partial charge in [0.15, 0.2) is 11.5 Å². The van der Waals surface area contributed by atoms with E-state index in [0.717, 1.165) is 62.0 Å². The molecule has 0 saturated carbocycles. The number of fused-ring (bicyclic) bond motifs is 1. The lowest BCUT2D eigenvalue weighted by atomic mass is 9.77. The van der Waals surface area contributed by atoms with Crippen molar-refractivity contribution >= 4 is 26.5 Å². The zero-order valence-corrected chi connectivity index (χ0v) is 17.6. The molecule has 7 nitrogen and oxygen atoms in total. The first kappa shape index (κ1) is 19.3. The Balaban J connectivity index is 1.58. The van der Waals surface area contributed by atoms with E-state index in [1.54, 1.807) is 14.2 Å². The van der Waals surface area contributed by atoms with Gasteiger partial charge in [0.05, 0.1) is 19.7 Å². The van der Waals surface area contributed by atoms with Gasteiger partial charge in [0.2, 0.25) is 0 Å². The molecule has 2 aromatic rings. The summed E-state index contributed by atoms with van der Waals surface area (Å²) in [5, 5.41) is 1.06. The number of piperidine rings is 1. The summed E-state index contributed by atoms with van der Waals surface area (Å²) >= 11 is 0. The Bertz CT molecular complexity index is 984. The second-order valence-electron chi connectivity index (χ2n) is 7.96. The highest BCUT2D eigenvalue weighted by Crippen LogP contribution is 2.43. The summed E-state index contributed by atoms with van der Waals surface area (Å²) in [6.45, 7) is 3.45. The van der Waals surface area contributed by atoms with Crippen LogP contribution in [0.25, 0.3) is 10.9 Å². The molecule has 4 rings (SSSR count). The van der Waals surface area contributed by atoms with Gasteiger partial charge in [0.25, 0.3) is 0 Å². The molecule has 8 heteroatoms. The predicted molar refractivity (Wildman–Crippen MR) is 112 cm³/mol. The van der Waals surface area contributed by atoms with Crippen molar-refractivity contribution in [2.45, 2.75) is 19.3 Å². The zero-order valence-electron chi connectivity index (χ0n) is 16.7. The van der Waals surface area contributed by atoms with Gasteiger partial charge in [-0.15, -0.1) is 0 Å². The number of hydrogen-bond donors (Lipinski definition) is 1. The van der Waals surface area contributed by atoms with Gasteiger partial charge in [-0.05, 0) is 36.8 Å². The molecule has 1 unspecified atom stereocenters. The highest BCUT2D eigenvalue weighted by atomic mass is 32.2. The first-order valence-electron chi connectivity index (χ1n) is 9.60. The molecule has 2 aliphatic heterocycles. The Kier molecular flexibility index (Phi) is 4.87. The summed E-state index contributed by atoms with van der Waals surface area (Å²) in [6, 6.07) is 5.99. The number of pyridine rings is 1. The normalized spacial score (nSPS) is 21.8. The van der Waals surface area contributed by atoms with Crippen LogP contribution in [0.5, 0.6) is 11.5 Å². The summed E-state index contributed by atoms with van der Waals surface area (Å²) in [7, 11) is 0.679. The lowest BCUT2D eigenvalue weighted by molar-refractivity contribution is 0.236. The Morgan fingerprint density at radius 1 is 1.11 bits per heavy atom. The molecular formula is C20H28N4O3S. The van der Waals surface area contributed by atoms with Crippen molar-refractivity contribution in [2.24, 2.45) is 5.41 Å². The Morgan fingerprint density at radius 2 is 1.75 bits per heavy atom. The molecule has 1 spiro atoms. The standard InChI is InChI=1S/C20H28N4O3S/c1-26-18-12-15-16(13-19(18)27-2)22-8-4-17(15)23-9-5-20(6-10-23)7-11-24(14-20)28(3,21)25/h4,8,12-13,21H,5-7,9-11,14H2,1-3H3. The largest absolute Gasteiger partial charge is 0.493 e. The second kappa shape index (κ2) is 7.08. The molecule has 2 saturated heterocycles. The average Bonchev–Trinajstić information content (AvgIpc) is 3.11. The first-order chi connectivity index (χ1) is 13.3. The van der Waals surface area contributed by atoms with Crippen LogP contribution in [-0.4, -0.2) is 60.2 Å². The summed E-state index contributed by atoms with van der Waals surface area (Å²) in [6.07, 6.45) is 6.52. The van der Waals surface area contributed by atoms with Gasteiger partial charge >= 0.3 is 0 Å². The predicted octanol–water partition coefficient (Wildman–Crippen LogP) is 3.14. The minimum atomic E-state index is -2.60. The summed E-state index contributed by atoms with van der Waals surface area (Å²) in [5.74, 6) is 1.39. The van der Waals surface area contributed by atoms with Crippen LogP contribution >= 0.6 is 0 Å². The van der Waals surface area contributed by atoms with Gasteiger partial charge in [0, 0.05) is 55.8 Å². The number of benzene rings is 1. The van der Waals surface area contributed by atoms with Crippen LogP contribution in [0.1, 0.15) is 19.3 Å². The lowest BCUT2D eigenvalue weighted by Crippen LogP contribution is -2.42. The van der Waals surface area contributed by atoms with Gasteiger partial charge < -0.3 is 14.4 Å². The van der Waals surface area contributed by atoms with Gasteiger partial charge in [-0.3, -0.25) is 4.98 Å². The number of hydrogen-bond acceptors (Lipinski definition) is 6. The van der Waals surface area contributed by atoms with Crippen molar-refractivity contribution in [3.63, 3.8) is 0 Å². The van der Waals surface area contributed by atoms with E-state index in [9.17, 15) is 4.21 Å². The van der Waals surface area contributed by atoms with Gasteiger partial charge in [-0.1, -0.05) is 0 Å². The van der Waals surface area contributed by atoms with Gasteiger partial charge in [-0.25, -0.2) is 13.3 Å². The molecular weight excluding hydrogens is 376 g/mol. The second-order valence-corrected chi connectivity index (χ2v) is 10.1. The Hall–Kier alpha value is -2.06. The monoisotopic (exact) mass is 404 g/mol. The minimum Gasteiger partial charge on any atom is -0.493 e. The zero-order chi connectivity index (χ0) is 19.9. The molecule has 0 bridgehead atoms. The molecule has 152 valence electrons. The molecule has 1 N–H and O–H groups in total. The number of aromatic nitrogens is 1. The van der Waals surface area contributed by atoms with Crippen LogP contribution in [0.3, 0.4) is 0 Å². The molecule has 3 heterocycles. The molecule has 1 aromatic carbocycles. The van der Waals surface area contributed by atoms with Crippen molar-refractivity contribution in [1.82, 2.24) is 9.29 Å². The third-order valence-electron chi connectivity index (χ3n) is 6.28. The van der Waals surface area contributed by atoms with E-state index >= 15 is 0 Å². The Labute approximate surface area is 166 Å². The molecule has 2 fully saturated rings. The van der Waals surface area contributed by atoms with Crippen LogP contribution < -0.4 is 14.4 Å². The van der Waals surface area contributed by atoms with Crippen molar-refractivity contribution in [2.75, 3.05) is 51.6 Å². The molecule has 0 amide bonds. The molecule has 0 radical (unpaired) electrons. The highest BCUT2D eigenvalue weighted by Gasteiger charge is 2.42. The first-order valence-corrected chi connectivity index (χ1v) is 11.5. The van der Waals surface area contributed by atoms with Crippen LogP contribution in [-0.2, 0) is 9.92 Å². The maximum absolute atomic E-state index is 12.1. The van der Waals surface area contributed by atoms with Crippen LogP contribution in [0.4, 0.5) is 5.69 Å². The van der Waals surface area contributed by atoms with Crippen molar-refractivity contribution in [3.8, 4) is 11.5 Å². The van der Waals surface area contributed by atoms with Crippen LogP contribution in [0, 0.1) is 10.2 Å². The summed E-state index contributed by atoms with van der Waals surface area (Å²) < 4.78 is 32.8. The number of ether oxygens (including phenoxy) is 2. The van der Waals surface area contributed by atoms with E-state index in [0.29, 0.717) is 11.5 Å². The van der Waals surface area contributed by atoms with E-state index in [4.69, 9.17) is 14.3 Å². The summed E-state index contributed by atoms with van der Waals surface area (Å²) in [4.78, 5) is 6.92. The lowest BCUT2D eigenvalue weighted by Gasteiger charge is -2.40. The average molecular weight is 405 g/mol. The van der Waals surface area contributed by atoms with E-state index in [2.05, 4.69) is 16.0 Å². The number of methoxy groups -OCH3 is 2. The molecule has 1 atom stereocenters. The van der Waals surface area contributed by atoms with Crippen molar-refractivity contribution in [1.29, 1.82) is 4.78 Å². The third kappa shape index (κ3) is 3.39. The minimum absolute atomic E-state index is 0.194. The van der Waals surface area contributed by atoms with Crippen LogP contribution in [0.15, 0.2) is 24.4 Å². The number of anilines is 1. The fraction of sp³-hybridized carbons (Fsp3) is 0.550. The Morgan fingerprint density at radius 3 is 2.36 bits per heavy atom. The fourth-order valence-corrected chi connectivity index (χ4v) is 5.52. The highest BCUT2D eigenvalue weighted by molar-refractivity contribution is 7.89.